The highest BCUT2D eigenvalue weighted by Gasteiger charge is 2.16. The predicted molar refractivity (Wildman–Crippen MR) is 81.7 cm³/mol. The molecule has 122 valence electrons. The number of hydrogen-bond acceptors (Lipinski definition) is 6. The number of nitrogens with one attached hydrogen (secondary N) is 1. The highest BCUT2D eigenvalue weighted by atomic mass is 16.5. The van der Waals surface area contributed by atoms with Crippen LogP contribution in [0.1, 0.15) is 48.3 Å². The molecule has 0 unspecified atom stereocenters. The van der Waals surface area contributed by atoms with Gasteiger partial charge < -0.3 is 10.1 Å². The molecule has 2 aromatic rings. The summed E-state index contributed by atoms with van der Waals surface area (Å²) in [7, 11) is 1.68. The van der Waals surface area contributed by atoms with E-state index in [1.165, 1.54) is 24.1 Å². The quantitative estimate of drug-likeness (QED) is 0.892. The normalized spacial score (nSPS) is 15.3. The van der Waals surface area contributed by atoms with Crippen LogP contribution in [0.15, 0.2) is 18.3 Å². The summed E-state index contributed by atoms with van der Waals surface area (Å²) in [5.41, 5.74) is 0.509. The van der Waals surface area contributed by atoms with E-state index in [-0.39, 0.29) is 18.6 Å². The maximum atomic E-state index is 12.2. The van der Waals surface area contributed by atoms with E-state index < -0.39 is 0 Å². The van der Waals surface area contributed by atoms with Gasteiger partial charge in [0.2, 0.25) is 5.88 Å². The molecule has 1 saturated carbocycles. The van der Waals surface area contributed by atoms with E-state index in [1.807, 2.05) is 0 Å². The van der Waals surface area contributed by atoms with E-state index in [1.54, 1.807) is 25.4 Å². The molecule has 1 fully saturated rings. The minimum Gasteiger partial charge on any atom is -0.474 e. The first-order chi connectivity index (χ1) is 11.2. The van der Waals surface area contributed by atoms with Crippen molar-refractivity contribution in [2.24, 2.45) is 7.05 Å². The van der Waals surface area contributed by atoms with Gasteiger partial charge in [0.05, 0.1) is 13.6 Å². The van der Waals surface area contributed by atoms with Crippen molar-refractivity contribution in [2.45, 2.75) is 44.8 Å². The van der Waals surface area contributed by atoms with Crippen LogP contribution in [0.3, 0.4) is 0 Å². The maximum absolute atomic E-state index is 12.2. The lowest BCUT2D eigenvalue weighted by molar-refractivity contribution is 0.0948. The zero-order chi connectivity index (χ0) is 16.1. The van der Waals surface area contributed by atoms with E-state index in [0.29, 0.717) is 17.3 Å². The fourth-order valence-corrected chi connectivity index (χ4v) is 2.62. The predicted octanol–water partition coefficient (Wildman–Crippen LogP) is 1.25. The van der Waals surface area contributed by atoms with E-state index in [4.69, 9.17) is 4.74 Å². The molecule has 8 heteroatoms. The molecule has 0 radical (unpaired) electrons. The van der Waals surface area contributed by atoms with Gasteiger partial charge in [0, 0.05) is 17.8 Å². The van der Waals surface area contributed by atoms with Gasteiger partial charge in [-0.25, -0.2) is 4.98 Å². The third kappa shape index (κ3) is 4.24. The number of carbonyl (C=O) groups excluding carboxylic acids is 1. The van der Waals surface area contributed by atoms with Crippen LogP contribution >= 0.6 is 0 Å². The second-order valence-electron chi connectivity index (χ2n) is 5.64. The molecule has 2 aromatic heterocycles. The van der Waals surface area contributed by atoms with Gasteiger partial charge >= 0.3 is 0 Å². The van der Waals surface area contributed by atoms with Gasteiger partial charge in [-0.15, -0.1) is 10.2 Å². The Balaban J connectivity index is 1.58. The molecule has 0 bridgehead atoms. The summed E-state index contributed by atoms with van der Waals surface area (Å²) in [6.45, 7) is 0.230. The Bertz CT molecular complexity index is 665. The van der Waals surface area contributed by atoms with Crippen LogP contribution in [0.5, 0.6) is 5.88 Å². The van der Waals surface area contributed by atoms with E-state index in [2.05, 4.69) is 25.7 Å². The van der Waals surface area contributed by atoms with Crippen molar-refractivity contribution in [3.8, 4) is 5.88 Å². The Morgan fingerprint density at radius 2 is 2.22 bits per heavy atom. The van der Waals surface area contributed by atoms with Gasteiger partial charge in [0.25, 0.3) is 5.91 Å². The van der Waals surface area contributed by atoms with Gasteiger partial charge in [-0.2, -0.15) is 4.80 Å². The molecule has 1 amide bonds. The summed E-state index contributed by atoms with van der Waals surface area (Å²) >= 11 is 0. The standard InChI is InChI=1S/C15H20N6O2/c1-21-19-13(18-20-21)10-17-15(22)11-7-8-16-14(9-11)23-12-5-3-2-4-6-12/h7-9,12H,2-6,10H2,1H3,(H,17,22). The van der Waals surface area contributed by atoms with Crippen LogP contribution in [-0.4, -0.2) is 37.2 Å². The van der Waals surface area contributed by atoms with Crippen molar-refractivity contribution in [3.63, 3.8) is 0 Å². The minimum atomic E-state index is -0.214. The maximum Gasteiger partial charge on any atom is 0.251 e. The molecule has 0 atom stereocenters. The lowest BCUT2D eigenvalue weighted by atomic mass is 9.98. The topological polar surface area (TPSA) is 94.8 Å². The van der Waals surface area contributed by atoms with Gasteiger partial charge in [-0.05, 0) is 37.0 Å². The van der Waals surface area contributed by atoms with Crippen LogP contribution < -0.4 is 10.1 Å². The van der Waals surface area contributed by atoms with Crippen LogP contribution in [0.2, 0.25) is 0 Å². The van der Waals surface area contributed by atoms with Crippen LogP contribution in [0, 0.1) is 0 Å². The number of aromatic nitrogens is 5. The number of amides is 1. The van der Waals surface area contributed by atoms with Crippen molar-refractivity contribution < 1.29 is 9.53 Å². The molecule has 1 aliphatic carbocycles. The summed E-state index contributed by atoms with van der Waals surface area (Å²) in [5, 5.41) is 14.3. The van der Waals surface area contributed by atoms with Crippen LogP contribution in [0.25, 0.3) is 0 Å². The Morgan fingerprint density at radius 3 is 2.96 bits per heavy atom. The average molecular weight is 316 g/mol. The van der Waals surface area contributed by atoms with Crippen molar-refractivity contribution >= 4 is 5.91 Å². The largest absolute Gasteiger partial charge is 0.474 e. The SMILES string of the molecule is Cn1nnc(CNC(=O)c2ccnc(OC3CCCCC3)c2)n1. The zero-order valence-electron chi connectivity index (χ0n) is 13.1. The minimum absolute atomic E-state index is 0.207. The van der Waals surface area contributed by atoms with Gasteiger partial charge in [0.1, 0.15) is 6.10 Å². The highest BCUT2D eigenvalue weighted by molar-refractivity contribution is 5.94. The summed E-state index contributed by atoms with van der Waals surface area (Å²) < 4.78 is 5.88. The second kappa shape index (κ2) is 7.17. The van der Waals surface area contributed by atoms with Gasteiger partial charge in [-0.1, -0.05) is 6.42 Å². The fourth-order valence-electron chi connectivity index (χ4n) is 2.62. The first-order valence-corrected chi connectivity index (χ1v) is 7.84. The number of ether oxygens (including phenoxy) is 1. The molecule has 0 aromatic carbocycles. The van der Waals surface area contributed by atoms with Crippen molar-refractivity contribution in [1.82, 2.24) is 30.5 Å². The van der Waals surface area contributed by atoms with Crippen LogP contribution in [0.4, 0.5) is 0 Å². The monoisotopic (exact) mass is 316 g/mol. The molecule has 2 heterocycles. The number of pyridine rings is 1. The molecule has 1 N–H and O–H groups in total. The van der Waals surface area contributed by atoms with Gasteiger partial charge in [0.15, 0.2) is 5.82 Å². The molecule has 0 aliphatic heterocycles. The van der Waals surface area contributed by atoms with E-state index in [0.717, 1.165) is 12.8 Å². The smallest absolute Gasteiger partial charge is 0.251 e. The molecule has 0 saturated heterocycles. The Morgan fingerprint density at radius 1 is 1.39 bits per heavy atom. The molecule has 3 rings (SSSR count). The number of rotatable bonds is 5. The van der Waals surface area contributed by atoms with E-state index >= 15 is 0 Å². The third-order valence-electron chi connectivity index (χ3n) is 3.79. The Labute approximate surface area is 134 Å². The van der Waals surface area contributed by atoms with Crippen molar-refractivity contribution in [2.75, 3.05) is 0 Å². The fraction of sp³-hybridized carbons (Fsp3) is 0.533. The molecular formula is C15H20N6O2. The zero-order valence-corrected chi connectivity index (χ0v) is 13.1. The highest BCUT2D eigenvalue weighted by Crippen LogP contribution is 2.22. The Kier molecular flexibility index (Phi) is 4.80. The average Bonchev–Trinajstić information content (AvgIpc) is 2.99. The number of aryl methyl sites for hydroxylation is 1. The number of tetrazole rings is 1. The third-order valence-corrected chi connectivity index (χ3v) is 3.79. The van der Waals surface area contributed by atoms with Gasteiger partial charge in [-0.3, -0.25) is 4.79 Å². The lowest BCUT2D eigenvalue weighted by Crippen LogP contribution is -2.24. The Hall–Kier alpha value is -2.51. The summed E-state index contributed by atoms with van der Waals surface area (Å²) in [6.07, 6.45) is 7.55. The molecular weight excluding hydrogens is 296 g/mol. The number of hydrogen-bond donors (Lipinski definition) is 1. The summed E-state index contributed by atoms with van der Waals surface area (Å²) in [4.78, 5) is 17.7. The summed E-state index contributed by atoms with van der Waals surface area (Å²) in [5.74, 6) is 0.754. The molecule has 0 spiro atoms. The molecule has 8 nitrogen and oxygen atoms in total. The second-order valence-corrected chi connectivity index (χ2v) is 5.64. The first-order valence-electron chi connectivity index (χ1n) is 7.84. The van der Waals surface area contributed by atoms with Crippen LogP contribution in [-0.2, 0) is 13.6 Å². The summed E-state index contributed by atoms with van der Waals surface area (Å²) in [6, 6.07) is 3.33. The first kappa shape index (κ1) is 15.4. The molecule has 23 heavy (non-hydrogen) atoms. The number of carbonyl (C=O) groups is 1. The lowest BCUT2D eigenvalue weighted by Gasteiger charge is -2.22. The van der Waals surface area contributed by atoms with Crippen molar-refractivity contribution in [1.29, 1.82) is 0 Å². The molecule has 1 aliphatic rings. The van der Waals surface area contributed by atoms with E-state index in [9.17, 15) is 4.79 Å². The van der Waals surface area contributed by atoms with Crippen molar-refractivity contribution in [3.05, 3.63) is 29.7 Å². The number of nitrogens with zero attached hydrogens (tertiary/aromatic N) is 5.